The fourth-order valence-corrected chi connectivity index (χ4v) is 6.71. The summed E-state index contributed by atoms with van der Waals surface area (Å²) < 4.78 is 0. The van der Waals surface area contributed by atoms with Gasteiger partial charge in [0.25, 0.3) is 0 Å². The lowest BCUT2D eigenvalue weighted by molar-refractivity contribution is 0.372. The van der Waals surface area contributed by atoms with Crippen molar-refractivity contribution >= 4 is 22.7 Å². The highest BCUT2D eigenvalue weighted by molar-refractivity contribution is 7.98. The van der Waals surface area contributed by atoms with Crippen LogP contribution >= 0.6 is 11.8 Å². The number of rotatable bonds is 12. The Morgan fingerprint density at radius 1 is 0.643 bits per heavy atom. The van der Waals surface area contributed by atoms with Crippen molar-refractivity contribution in [1.82, 2.24) is 15.6 Å². The van der Waals surface area contributed by atoms with E-state index in [0.717, 1.165) is 19.5 Å². The third-order valence-corrected chi connectivity index (χ3v) is 8.92. The molecular weight excluding hydrogens is 531 g/mol. The molecule has 5 aromatic carbocycles. The standard InChI is InChI=1S/C38H37N3S/c1-42-37-24-14-11-15-29(37)26-39-28-34(25-30-27-40-36-23-13-12-22-35(30)36)41-38(31-16-5-2-6-17-31,32-18-7-3-8-19-32)33-20-9-4-10-21-33/h2-24,27,34,39-41H,25-26,28H2,1H3. The van der Waals surface area contributed by atoms with E-state index in [0.29, 0.717) is 0 Å². The molecule has 0 aliphatic rings. The number of para-hydroxylation sites is 1. The van der Waals surface area contributed by atoms with Gasteiger partial charge in [0.05, 0.1) is 5.54 Å². The van der Waals surface area contributed by atoms with Crippen LogP contribution in [-0.4, -0.2) is 23.8 Å². The fraction of sp³-hybridized carbons (Fsp3) is 0.158. The Morgan fingerprint density at radius 2 is 1.19 bits per heavy atom. The van der Waals surface area contributed by atoms with Crippen molar-refractivity contribution in [3.8, 4) is 0 Å². The maximum absolute atomic E-state index is 4.25. The van der Waals surface area contributed by atoms with Gasteiger partial charge in [0, 0.05) is 41.1 Å². The van der Waals surface area contributed by atoms with Crippen LogP contribution in [-0.2, 0) is 18.5 Å². The van der Waals surface area contributed by atoms with E-state index in [1.54, 1.807) is 11.8 Å². The first kappa shape index (κ1) is 28.0. The number of benzene rings is 5. The third-order valence-electron chi connectivity index (χ3n) is 8.08. The maximum Gasteiger partial charge on any atom is 0.0950 e. The van der Waals surface area contributed by atoms with Crippen molar-refractivity contribution in [2.45, 2.75) is 29.4 Å². The molecule has 6 rings (SSSR count). The van der Waals surface area contributed by atoms with Crippen LogP contribution < -0.4 is 10.6 Å². The summed E-state index contributed by atoms with van der Waals surface area (Å²) in [4.78, 5) is 4.82. The molecule has 0 saturated carbocycles. The summed E-state index contributed by atoms with van der Waals surface area (Å²) in [5.41, 5.74) is 6.94. The van der Waals surface area contributed by atoms with E-state index in [1.165, 1.54) is 43.6 Å². The van der Waals surface area contributed by atoms with E-state index in [2.05, 4.69) is 168 Å². The van der Waals surface area contributed by atoms with Crippen molar-refractivity contribution < 1.29 is 0 Å². The molecule has 3 nitrogen and oxygen atoms in total. The van der Waals surface area contributed by atoms with Gasteiger partial charge in [-0.3, -0.25) is 5.32 Å². The minimum atomic E-state index is -0.542. The van der Waals surface area contributed by atoms with Crippen molar-refractivity contribution in [3.63, 3.8) is 0 Å². The van der Waals surface area contributed by atoms with Crippen LogP contribution in [0.3, 0.4) is 0 Å². The molecule has 1 aromatic heterocycles. The number of hydrogen-bond donors (Lipinski definition) is 3. The van der Waals surface area contributed by atoms with Crippen molar-refractivity contribution in [1.29, 1.82) is 0 Å². The number of fused-ring (bicyclic) bond motifs is 1. The van der Waals surface area contributed by atoms with Crippen LogP contribution in [0, 0.1) is 0 Å². The first-order chi connectivity index (χ1) is 20.8. The summed E-state index contributed by atoms with van der Waals surface area (Å²) >= 11 is 1.80. The Hall–Kier alpha value is -4.09. The molecule has 4 heteroatoms. The predicted molar refractivity (Wildman–Crippen MR) is 178 cm³/mol. The minimum absolute atomic E-state index is 0.117. The van der Waals surface area contributed by atoms with Crippen LogP contribution in [0.1, 0.15) is 27.8 Å². The number of hydrogen-bond acceptors (Lipinski definition) is 3. The van der Waals surface area contributed by atoms with Gasteiger partial charge in [-0.1, -0.05) is 127 Å². The lowest BCUT2D eigenvalue weighted by Gasteiger charge is -2.40. The molecule has 0 spiro atoms. The second-order valence-electron chi connectivity index (χ2n) is 10.7. The third kappa shape index (κ3) is 5.93. The van der Waals surface area contributed by atoms with Gasteiger partial charge in [-0.2, -0.15) is 0 Å². The number of H-pyrrole nitrogens is 1. The lowest BCUT2D eigenvalue weighted by atomic mass is 9.76. The molecule has 1 heterocycles. The highest BCUT2D eigenvalue weighted by atomic mass is 32.2. The largest absolute Gasteiger partial charge is 0.361 e. The summed E-state index contributed by atoms with van der Waals surface area (Å²) in [5, 5.41) is 9.36. The van der Waals surface area contributed by atoms with Crippen molar-refractivity contribution in [2.24, 2.45) is 0 Å². The summed E-state index contributed by atoms with van der Waals surface area (Å²) in [6.45, 7) is 1.62. The van der Waals surface area contributed by atoms with Crippen molar-refractivity contribution in [2.75, 3.05) is 12.8 Å². The first-order valence-electron chi connectivity index (χ1n) is 14.6. The molecule has 6 aromatic rings. The average molecular weight is 568 g/mol. The SMILES string of the molecule is CSc1ccccc1CNCC(Cc1c[nH]c2ccccc12)NC(c1ccccc1)(c1ccccc1)c1ccccc1. The molecule has 1 atom stereocenters. The van der Waals surface area contributed by atoms with E-state index in [-0.39, 0.29) is 6.04 Å². The summed E-state index contributed by atoms with van der Waals surface area (Å²) in [5.74, 6) is 0. The van der Waals surface area contributed by atoms with Gasteiger partial charge in [0.15, 0.2) is 0 Å². The summed E-state index contributed by atoms with van der Waals surface area (Å²) in [6.07, 6.45) is 5.20. The van der Waals surface area contributed by atoms with Gasteiger partial charge < -0.3 is 10.3 Å². The van der Waals surface area contributed by atoms with Gasteiger partial charge >= 0.3 is 0 Å². The maximum atomic E-state index is 4.25. The second kappa shape index (κ2) is 13.3. The highest BCUT2D eigenvalue weighted by Gasteiger charge is 2.38. The van der Waals surface area contributed by atoms with Gasteiger partial charge in [0.1, 0.15) is 0 Å². The number of aromatic amines is 1. The molecule has 0 saturated heterocycles. The Bertz CT molecular complexity index is 1600. The zero-order valence-electron chi connectivity index (χ0n) is 24.0. The van der Waals surface area contributed by atoms with E-state index < -0.39 is 5.54 Å². The topological polar surface area (TPSA) is 39.9 Å². The van der Waals surface area contributed by atoms with Crippen molar-refractivity contribution in [3.05, 3.63) is 174 Å². The molecule has 42 heavy (non-hydrogen) atoms. The quantitative estimate of drug-likeness (QED) is 0.103. The number of aromatic nitrogens is 1. The Kier molecular flexibility index (Phi) is 8.86. The van der Waals surface area contributed by atoms with Crippen LogP contribution in [0.25, 0.3) is 10.9 Å². The zero-order chi connectivity index (χ0) is 28.6. The van der Waals surface area contributed by atoms with E-state index in [4.69, 9.17) is 0 Å². The fourth-order valence-electron chi connectivity index (χ4n) is 6.09. The molecule has 0 fully saturated rings. The van der Waals surface area contributed by atoms with Gasteiger partial charge in [-0.05, 0) is 52.6 Å². The van der Waals surface area contributed by atoms with Crippen LogP contribution in [0.2, 0.25) is 0 Å². The van der Waals surface area contributed by atoms with Gasteiger partial charge in [-0.25, -0.2) is 0 Å². The van der Waals surface area contributed by atoms with Gasteiger partial charge in [0.2, 0.25) is 0 Å². The molecule has 0 bridgehead atoms. The van der Waals surface area contributed by atoms with Crippen LogP contribution in [0.15, 0.2) is 151 Å². The normalized spacial score (nSPS) is 12.4. The van der Waals surface area contributed by atoms with Crippen LogP contribution in [0.5, 0.6) is 0 Å². The summed E-state index contributed by atoms with van der Waals surface area (Å²) in [6, 6.07) is 50.0. The molecule has 3 N–H and O–H groups in total. The monoisotopic (exact) mass is 567 g/mol. The first-order valence-corrected chi connectivity index (χ1v) is 15.8. The molecule has 0 aliphatic carbocycles. The molecule has 0 aliphatic heterocycles. The highest BCUT2D eigenvalue weighted by Crippen LogP contribution is 2.37. The molecule has 0 amide bonds. The smallest absolute Gasteiger partial charge is 0.0950 e. The number of thioether (sulfide) groups is 1. The Labute approximate surface area is 253 Å². The minimum Gasteiger partial charge on any atom is -0.361 e. The zero-order valence-corrected chi connectivity index (χ0v) is 24.8. The van der Waals surface area contributed by atoms with E-state index >= 15 is 0 Å². The average Bonchev–Trinajstić information content (AvgIpc) is 3.47. The van der Waals surface area contributed by atoms with Crippen LogP contribution in [0.4, 0.5) is 0 Å². The second-order valence-corrected chi connectivity index (χ2v) is 11.5. The summed E-state index contributed by atoms with van der Waals surface area (Å²) in [7, 11) is 0. The Morgan fingerprint density at radius 3 is 1.81 bits per heavy atom. The van der Waals surface area contributed by atoms with Gasteiger partial charge in [-0.15, -0.1) is 11.8 Å². The molecular formula is C38H37N3S. The Balaban J connectivity index is 1.42. The molecule has 0 radical (unpaired) electrons. The molecule has 1 unspecified atom stereocenters. The van der Waals surface area contributed by atoms with E-state index in [1.807, 2.05) is 0 Å². The predicted octanol–water partition coefficient (Wildman–Crippen LogP) is 8.17. The number of nitrogens with one attached hydrogen (secondary N) is 3. The molecule has 210 valence electrons. The lowest BCUT2D eigenvalue weighted by Crippen LogP contribution is -2.53. The van der Waals surface area contributed by atoms with E-state index in [9.17, 15) is 0 Å².